The number of hydrogen-bond donors (Lipinski definition) is 0. The zero-order chi connectivity index (χ0) is 14.5. The molecule has 0 aliphatic rings. The first-order chi connectivity index (χ1) is 10.3. The molecule has 1 aromatic carbocycles. The predicted octanol–water partition coefficient (Wildman–Crippen LogP) is 4.59. The van der Waals surface area contributed by atoms with Gasteiger partial charge in [0, 0.05) is 28.2 Å². The number of aromatic nitrogens is 3. The molecule has 0 N–H and O–H groups in total. The standard InChI is InChI=1S/C16H12BrN3S/c17-14-3-1-12(2-4-14)11-21-16-6-5-15(19-20-16)13-7-9-18-10-8-13/h1-10H,11H2. The van der Waals surface area contributed by atoms with Crippen molar-refractivity contribution >= 4 is 27.7 Å². The van der Waals surface area contributed by atoms with Crippen molar-refractivity contribution in [3.63, 3.8) is 0 Å². The van der Waals surface area contributed by atoms with Gasteiger partial charge in [0.05, 0.1) is 5.69 Å². The van der Waals surface area contributed by atoms with Crippen molar-refractivity contribution in [1.82, 2.24) is 15.2 Å². The summed E-state index contributed by atoms with van der Waals surface area (Å²) in [6.07, 6.45) is 3.51. The summed E-state index contributed by atoms with van der Waals surface area (Å²) in [7, 11) is 0. The quantitative estimate of drug-likeness (QED) is 0.640. The average molecular weight is 358 g/mol. The summed E-state index contributed by atoms with van der Waals surface area (Å²) in [4.78, 5) is 4.00. The third kappa shape index (κ3) is 3.89. The Kier molecular flexibility index (Phi) is 4.62. The highest BCUT2D eigenvalue weighted by Crippen LogP contribution is 2.23. The van der Waals surface area contributed by atoms with E-state index in [1.165, 1.54) is 5.56 Å². The van der Waals surface area contributed by atoms with Crippen LogP contribution in [0.15, 0.2) is 70.4 Å². The lowest BCUT2D eigenvalue weighted by Gasteiger charge is -2.03. The van der Waals surface area contributed by atoms with Crippen LogP contribution in [0.2, 0.25) is 0 Å². The van der Waals surface area contributed by atoms with Gasteiger partial charge in [-0.1, -0.05) is 39.8 Å². The molecule has 5 heteroatoms. The van der Waals surface area contributed by atoms with Crippen LogP contribution in [0.5, 0.6) is 0 Å². The van der Waals surface area contributed by atoms with Gasteiger partial charge in [0.1, 0.15) is 5.03 Å². The Bertz CT molecular complexity index is 700. The van der Waals surface area contributed by atoms with Crippen LogP contribution in [0, 0.1) is 0 Å². The third-order valence-electron chi connectivity index (χ3n) is 2.92. The molecule has 2 heterocycles. The Balaban J connectivity index is 1.66. The molecule has 0 aliphatic heterocycles. The van der Waals surface area contributed by atoms with Crippen LogP contribution in [-0.4, -0.2) is 15.2 Å². The molecule has 0 atom stereocenters. The fraction of sp³-hybridized carbons (Fsp3) is 0.0625. The van der Waals surface area contributed by atoms with E-state index in [-0.39, 0.29) is 0 Å². The average Bonchev–Trinajstić information content (AvgIpc) is 2.56. The second kappa shape index (κ2) is 6.83. The van der Waals surface area contributed by atoms with E-state index in [0.717, 1.165) is 26.5 Å². The van der Waals surface area contributed by atoms with Crippen molar-refractivity contribution in [2.75, 3.05) is 0 Å². The molecule has 0 aliphatic carbocycles. The van der Waals surface area contributed by atoms with E-state index >= 15 is 0 Å². The second-order valence-corrected chi connectivity index (χ2v) is 6.32. The fourth-order valence-electron chi connectivity index (χ4n) is 1.81. The highest BCUT2D eigenvalue weighted by molar-refractivity contribution is 9.10. The fourth-order valence-corrected chi connectivity index (χ4v) is 2.85. The Morgan fingerprint density at radius 1 is 0.857 bits per heavy atom. The highest BCUT2D eigenvalue weighted by atomic mass is 79.9. The van der Waals surface area contributed by atoms with Crippen LogP contribution in [0.25, 0.3) is 11.3 Å². The maximum atomic E-state index is 4.27. The molecule has 0 saturated heterocycles. The van der Waals surface area contributed by atoms with E-state index < -0.39 is 0 Å². The predicted molar refractivity (Wildman–Crippen MR) is 89.0 cm³/mol. The molecular weight excluding hydrogens is 346 g/mol. The first-order valence-corrected chi connectivity index (χ1v) is 8.20. The first-order valence-electron chi connectivity index (χ1n) is 6.43. The molecule has 0 radical (unpaired) electrons. The van der Waals surface area contributed by atoms with Crippen LogP contribution in [0.1, 0.15) is 5.56 Å². The molecule has 0 fully saturated rings. The molecular formula is C16H12BrN3S. The summed E-state index contributed by atoms with van der Waals surface area (Å²) >= 11 is 5.12. The van der Waals surface area contributed by atoms with Gasteiger partial charge < -0.3 is 0 Å². The van der Waals surface area contributed by atoms with Gasteiger partial charge in [-0.2, -0.15) is 0 Å². The molecule has 3 aromatic rings. The largest absolute Gasteiger partial charge is 0.265 e. The van der Waals surface area contributed by atoms with E-state index in [2.05, 4.69) is 43.2 Å². The SMILES string of the molecule is Brc1ccc(CSc2ccc(-c3ccncc3)nn2)cc1. The minimum atomic E-state index is 0.866. The van der Waals surface area contributed by atoms with Crippen LogP contribution < -0.4 is 0 Å². The smallest absolute Gasteiger partial charge is 0.119 e. The first kappa shape index (κ1) is 14.2. The molecule has 0 unspecified atom stereocenters. The Morgan fingerprint density at radius 2 is 1.62 bits per heavy atom. The molecule has 3 rings (SSSR count). The molecule has 0 amide bonds. The number of benzene rings is 1. The number of hydrogen-bond acceptors (Lipinski definition) is 4. The van der Waals surface area contributed by atoms with E-state index in [4.69, 9.17) is 0 Å². The van der Waals surface area contributed by atoms with Gasteiger partial charge in [0.25, 0.3) is 0 Å². The van der Waals surface area contributed by atoms with Crippen LogP contribution in [0.4, 0.5) is 0 Å². The van der Waals surface area contributed by atoms with Gasteiger partial charge in [0.15, 0.2) is 0 Å². The minimum Gasteiger partial charge on any atom is -0.265 e. The molecule has 0 spiro atoms. The van der Waals surface area contributed by atoms with Gasteiger partial charge in [-0.25, -0.2) is 0 Å². The summed E-state index contributed by atoms with van der Waals surface area (Å²) in [5, 5.41) is 9.47. The van der Waals surface area contributed by atoms with Gasteiger partial charge in [-0.3, -0.25) is 4.98 Å². The number of halogens is 1. The van der Waals surface area contributed by atoms with Crippen molar-refractivity contribution in [2.24, 2.45) is 0 Å². The summed E-state index contributed by atoms with van der Waals surface area (Å²) in [5.41, 5.74) is 3.16. The molecule has 104 valence electrons. The normalized spacial score (nSPS) is 10.5. The molecule has 0 saturated carbocycles. The summed E-state index contributed by atoms with van der Waals surface area (Å²) < 4.78 is 1.10. The second-order valence-electron chi connectivity index (χ2n) is 4.41. The Hall–Kier alpha value is -1.72. The highest BCUT2D eigenvalue weighted by Gasteiger charge is 2.02. The topological polar surface area (TPSA) is 38.7 Å². The summed E-state index contributed by atoms with van der Waals surface area (Å²) in [6.45, 7) is 0. The van der Waals surface area contributed by atoms with Crippen molar-refractivity contribution in [3.8, 4) is 11.3 Å². The lowest BCUT2D eigenvalue weighted by Crippen LogP contribution is -1.90. The molecule has 21 heavy (non-hydrogen) atoms. The van der Waals surface area contributed by atoms with Crippen molar-refractivity contribution in [1.29, 1.82) is 0 Å². The van der Waals surface area contributed by atoms with Gasteiger partial charge in [0.2, 0.25) is 0 Å². The van der Waals surface area contributed by atoms with E-state index in [1.54, 1.807) is 24.2 Å². The number of pyridine rings is 1. The lowest BCUT2D eigenvalue weighted by molar-refractivity contribution is 0.935. The molecule has 2 aromatic heterocycles. The zero-order valence-corrected chi connectivity index (χ0v) is 13.5. The van der Waals surface area contributed by atoms with Gasteiger partial charge in [-0.05, 0) is 42.0 Å². The summed E-state index contributed by atoms with van der Waals surface area (Å²) in [6, 6.07) is 16.2. The maximum Gasteiger partial charge on any atom is 0.119 e. The van der Waals surface area contributed by atoms with E-state index in [0.29, 0.717) is 0 Å². The van der Waals surface area contributed by atoms with Crippen LogP contribution in [0.3, 0.4) is 0 Å². The number of nitrogens with zero attached hydrogens (tertiary/aromatic N) is 3. The van der Waals surface area contributed by atoms with Crippen LogP contribution >= 0.6 is 27.7 Å². The third-order valence-corrected chi connectivity index (χ3v) is 4.44. The van der Waals surface area contributed by atoms with Crippen LogP contribution in [-0.2, 0) is 5.75 Å². The zero-order valence-electron chi connectivity index (χ0n) is 11.1. The summed E-state index contributed by atoms with van der Waals surface area (Å²) in [5.74, 6) is 0.885. The number of thioether (sulfide) groups is 1. The van der Waals surface area contributed by atoms with Gasteiger partial charge in [-0.15, -0.1) is 10.2 Å². The molecule has 0 bridgehead atoms. The Labute approximate surface area is 136 Å². The maximum absolute atomic E-state index is 4.27. The molecule has 3 nitrogen and oxygen atoms in total. The Morgan fingerprint density at radius 3 is 2.29 bits per heavy atom. The van der Waals surface area contributed by atoms with Gasteiger partial charge >= 0.3 is 0 Å². The number of rotatable bonds is 4. The van der Waals surface area contributed by atoms with Crippen molar-refractivity contribution in [3.05, 3.63) is 71.0 Å². The van der Waals surface area contributed by atoms with E-state index in [1.807, 2.05) is 36.4 Å². The van der Waals surface area contributed by atoms with E-state index in [9.17, 15) is 0 Å². The lowest BCUT2D eigenvalue weighted by atomic mass is 10.2. The van der Waals surface area contributed by atoms with Crippen molar-refractivity contribution in [2.45, 2.75) is 10.8 Å². The monoisotopic (exact) mass is 357 g/mol. The van der Waals surface area contributed by atoms with Crippen molar-refractivity contribution < 1.29 is 0 Å². The minimum absolute atomic E-state index is 0.866.